The van der Waals surface area contributed by atoms with E-state index in [2.05, 4.69) is 52.2 Å². The van der Waals surface area contributed by atoms with Gasteiger partial charge in [0.1, 0.15) is 38.5 Å². The molecule has 6 heteroatoms. The van der Waals surface area contributed by atoms with E-state index in [1.807, 2.05) is 18.2 Å². The highest BCUT2D eigenvalue weighted by molar-refractivity contribution is 5.48. The number of ether oxygens (including phenoxy) is 2. The number of para-hydroxylation sites is 1. The molecule has 0 aliphatic heterocycles. The molecule has 156 valence electrons. The van der Waals surface area contributed by atoms with Crippen LogP contribution in [0.15, 0.2) is 18.2 Å². The van der Waals surface area contributed by atoms with Crippen molar-refractivity contribution < 1.29 is 30.3 Å². The normalized spacial score (nSPS) is 14.0. The van der Waals surface area contributed by atoms with Crippen LogP contribution in [0.1, 0.15) is 53.0 Å². The molecule has 0 aliphatic carbocycles. The molecule has 0 bridgehead atoms. The Bertz CT molecular complexity index is 535. The molecule has 0 spiro atoms. The summed E-state index contributed by atoms with van der Waals surface area (Å²) in [6.45, 7) is 14.2. The molecule has 1 rings (SSSR count). The van der Waals surface area contributed by atoms with Gasteiger partial charge in [0.25, 0.3) is 0 Å². The van der Waals surface area contributed by atoms with Crippen molar-refractivity contribution in [1.29, 1.82) is 0 Å². The van der Waals surface area contributed by atoms with Crippen LogP contribution in [0.2, 0.25) is 0 Å². The second-order valence-electron chi connectivity index (χ2n) is 8.19. The SMILES string of the molecule is CC(C)[NH2+]C[C@@H](O)COc1c(OC[C@@H](O)C[NH2+]C(C)C)cccc1C(C)C. The highest BCUT2D eigenvalue weighted by atomic mass is 16.5. The van der Waals surface area contributed by atoms with Crippen LogP contribution in [0, 0.1) is 0 Å². The van der Waals surface area contributed by atoms with E-state index in [0.717, 1.165) is 5.56 Å². The predicted octanol–water partition coefficient (Wildman–Crippen LogP) is 0.233. The van der Waals surface area contributed by atoms with Crippen LogP contribution in [0.5, 0.6) is 11.5 Å². The molecule has 2 atom stereocenters. The monoisotopic (exact) mass is 384 g/mol. The Morgan fingerprint density at radius 3 is 1.81 bits per heavy atom. The van der Waals surface area contributed by atoms with Crippen molar-refractivity contribution >= 4 is 0 Å². The molecule has 0 radical (unpaired) electrons. The van der Waals surface area contributed by atoms with Crippen LogP contribution in [0.3, 0.4) is 0 Å². The minimum Gasteiger partial charge on any atom is -0.487 e. The highest BCUT2D eigenvalue weighted by Gasteiger charge is 2.18. The molecule has 0 fully saturated rings. The standard InChI is InChI=1S/C21H38N2O4/c1-14(2)19-8-7-9-20(26-12-17(24)10-22-15(3)4)21(19)27-13-18(25)11-23-16(5)6/h7-9,14-18,22-25H,10-13H2,1-6H3/p+2/t17-,18+/m0/s1. The summed E-state index contributed by atoms with van der Waals surface area (Å²) in [6.07, 6.45) is -1.10. The highest BCUT2D eigenvalue weighted by Crippen LogP contribution is 2.35. The molecule has 6 nitrogen and oxygen atoms in total. The minimum atomic E-state index is -0.549. The Hall–Kier alpha value is -1.34. The van der Waals surface area contributed by atoms with Crippen molar-refractivity contribution in [3.63, 3.8) is 0 Å². The second-order valence-corrected chi connectivity index (χ2v) is 8.19. The van der Waals surface area contributed by atoms with E-state index < -0.39 is 12.2 Å². The van der Waals surface area contributed by atoms with Crippen LogP contribution in [-0.2, 0) is 0 Å². The lowest BCUT2D eigenvalue weighted by molar-refractivity contribution is -0.688. The summed E-state index contributed by atoms with van der Waals surface area (Å²) >= 11 is 0. The van der Waals surface area contributed by atoms with E-state index in [4.69, 9.17) is 9.47 Å². The largest absolute Gasteiger partial charge is 0.487 e. The Balaban J connectivity index is 2.75. The van der Waals surface area contributed by atoms with Crippen LogP contribution in [0.4, 0.5) is 0 Å². The van der Waals surface area contributed by atoms with Crippen molar-refractivity contribution in [2.45, 2.75) is 71.8 Å². The third-order valence-corrected chi connectivity index (χ3v) is 4.24. The number of rotatable bonds is 13. The number of quaternary nitrogens is 2. The molecule has 0 amide bonds. The van der Waals surface area contributed by atoms with Gasteiger partial charge in [-0.1, -0.05) is 26.0 Å². The molecular weight excluding hydrogens is 344 g/mol. The number of nitrogens with two attached hydrogens (primary N) is 2. The maximum atomic E-state index is 10.2. The second kappa shape index (κ2) is 12.2. The fraction of sp³-hybridized carbons (Fsp3) is 0.714. The zero-order valence-corrected chi connectivity index (χ0v) is 17.8. The first kappa shape index (κ1) is 23.7. The van der Waals surface area contributed by atoms with Gasteiger partial charge in [0.05, 0.1) is 12.1 Å². The van der Waals surface area contributed by atoms with Crippen molar-refractivity contribution in [3.05, 3.63) is 23.8 Å². The number of aliphatic hydroxyl groups excluding tert-OH is 2. The Morgan fingerprint density at radius 2 is 1.33 bits per heavy atom. The molecule has 6 N–H and O–H groups in total. The molecular formula is C21H40N2O4+2. The van der Waals surface area contributed by atoms with Gasteiger partial charge in [-0.05, 0) is 39.7 Å². The minimum absolute atomic E-state index is 0.213. The summed E-state index contributed by atoms with van der Waals surface area (Å²) in [5, 5.41) is 24.5. The molecule has 1 aromatic rings. The molecule has 1 aromatic carbocycles. The van der Waals surface area contributed by atoms with Gasteiger partial charge in [-0.2, -0.15) is 0 Å². The first-order valence-electron chi connectivity index (χ1n) is 10.1. The predicted molar refractivity (Wildman–Crippen MR) is 107 cm³/mol. The van der Waals surface area contributed by atoms with Crippen molar-refractivity contribution in [1.82, 2.24) is 0 Å². The van der Waals surface area contributed by atoms with Crippen LogP contribution < -0.4 is 20.1 Å². The van der Waals surface area contributed by atoms with E-state index in [9.17, 15) is 10.2 Å². The van der Waals surface area contributed by atoms with Gasteiger partial charge in [0, 0.05) is 5.56 Å². The average molecular weight is 385 g/mol. The summed E-state index contributed by atoms with van der Waals surface area (Å²) in [5.41, 5.74) is 1.04. The van der Waals surface area contributed by atoms with Crippen molar-refractivity contribution in [2.75, 3.05) is 26.3 Å². The van der Waals surface area contributed by atoms with Gasteiger partial charge in [-0.3, -0.25) is 0 Å². The number of hydrogen-bond donors (Lipinski definition) is 4. The quantitative estimate of drug-likeness (QED) is 0.392. The summed E-state index contributed by atoms with van der Waals surface area (Å²) in [4.78, 5) is 0. The lowest BCUT2D eigenvalue weighted by atomic mass is 10.0. The maximum Gasteiger partial charge on any atom is 0.164 e. The van der Waals surface area contributed by atoms with Gasteiger partial charge in [0.15, 0.2) is 11.5 Å². The van der Waals surface area contributed by atoms with Gasteiger partial charge in [-0.15, -0.1) is 0 Å². The van der Waals surface area contributed by atoms with Gasteiger partial charge < -0.3 is 30.3 Å². The lowest BCUT2D eigenvalue weighted by Crippen LogP contribution is -2.90. The summed E-state index contributed by atoms with van der Waals surface area (Å²) < 4.78 is 11.8. The Morgan fingerprint density at radius 1 is 0.815 bits per heavy atom. The number of benzene rings is 1. The zero-order chi connectivity index (χ0) is 20.4. The van der Waals surface area contributed by atoms with Gasteiger partial charge in [-0.25, -0.2) is 0 Å². The maximum absolute atomic E-state index is 10.2. The van der Waals surface area contributed by atoms with Crippen molar-refractivity contribution in [3.8, 4) is 11.5 Å². The molecule has 0 saturated carbocycles. The molecule has 0 unspecified atom stereocenters. The summed E-state index contributed by atoms with van der Waals surface area (Å²) in [5.74, 6) is 1.54. The zero-order valence-electron chi connectivity index (χ0n) is 17.8. The average Bonchev–Trinajstić information content (AvgIpc) is 2.61. The Labute approximate surface area is 164 Å². The van der Waals surface area contributed by atoms with E-state index in [1.54, 1.807) is 0 Å². The fourth-order valence-electron chi connectivity index (χ4n) is 2.62. The Kier molecular flexibility index (Phi) is 10.7. The lowest BCUT2D eigenvalue weighted by Gasteiger charge is -2.20. The van der Waals surface area contributed by atoms with Crippen LogP contribution in [-0.4, -0.2) is 60.8 Å². The molecule has 0 aromatic heterocycles. The molecule has 0 saturated heterocycles. The summed E-state index contributed by atoms with van der Waals surface area (Å²) in [6, 6.07) is 6.68. The number of hydrogen-bond acceptors (Lipinski definition) is 4. The summed E-state index contributed by atoms with van der Waals surface area (Å²) in [7, 11) is 0. The first-order chi connectivity index (χ1) is 12.7. The van der Waals surface area contributed by atoms with Crippen LogP contribution >= 0.6 is 0 Å². The smallest absolute Gasteiger partial charge is 0.164 e. The van der Waals surface area contributed by atoms with E-state index in [-0.39, 0.29) is 19.1 Å². The first-order valence-corrected chi connectivity index (χ1v) is 10.1. The van der Waals surface area contributed by atoms with Crippen LogP contribution in [0.25, 0.3) is 0 Å². The third kappa shape index (κ3) is 9.42. The fourth-order valence-corrected chi connectivity index (χ4v) is 2.62. The van der Waals surface area contributed by atoms with E-state index in [1.165, 1.54) is 0 Å². The van der Waals surface area contributed by atoms with E-state index in [0.29, 0.717) is 36.7 Å². The van der Waals surface area contributed by atoms with E-state index >= 15 is 0 Å². The van der Waals surface area contributed by atoms with Gasteiger partial charge in [0.2, 0.25) is 0 Å². The molecule has 0 heterocycles. The molecule has 0 aliphatic rings. The van der Waals surface area contributed by atoms with Gasteiger partial charge >= 0.3 is 0 Å². The molecule has 27 heavy (non-hydrogen) atoms. The topological polar surface area (TPSA) is 92.1 Å². The number of aliphatic hydroxyl groups is 2. The third-order valence-electron chi connectivity index (χ3n) is 4.24. The van der Waals surface area contributed by atoms with Crippen molar-refractivity contribution in [2.24, 2.45) is 0 Å².